The molecule has 0 aliphatic rings. The number of nitrogen functional groups attached to an aromatic ring is 1. The molecule has 2 rings (SSSR count). The van der Waals surface area contributed by atoms with Crippen LogP contribution < -0.4 is 15.8 Å². The van der Waals surface area contributed by atoms with Crippen molar-refractivity contribution in [3.05, 3.63) is 48.2 Å². The molecule has 1 heterocycles. The number of amides is 1. The summed E-state index contributed by atoms with van der Waals surface area (Å²) < 4.78 is 5.56. The van der Waals surface area contributed by atoms with Gasteiger partial charge < -0.3 is 15.8 Å². The second kappa shape index (κ2) is 5.18. The van der Waals surface area contributed by atoms with Crippen LogP contribution in [0.5, 0.6) is 11.6 Å². The molecule has 92 valence electrons. The third-order valence-corrected chi connectivity index (χ3v) is 2.34. The molecule has 2 aromatic rings. The fourth-order valence-corrected chi connectivity index (χ4v) is 1.43. The van der Waals surface area contributed by atoms with E-state index in [9.17, 15) is 4.79 Å². The Balaban J connectivity index is 2.28. The highest BCUT2D eigenvalue weighted by molar-refractivity contribution is 5.96. The molecule has 0 aliphatic carbocycles. The fourth-order valence-electron chi connectivity index (χ4n) is 1.43. The van der Waals surface area contributed by atoms with Crippen LogP contribution in [0.15, 0.2) is 42.6 Å². The molecule has 1 amide bonds. The molecule has 0 fully saturated rings. The SMILES string of the molecule is CNC(=O)c1cccnc1Oc1ccc(N)cc1. The average Bonchev–Trinajstić information content (AvgIpc) is 2.41. The summed E-state index contributed by atoms with van der Waals surface area (Å²) in [6.45, 7) is 0. The first-order chi connectivity index (χ1) is 8.70. The minimum atomic E-state index is -0.242. The van der Waals surface area contributed by atoms with Gasteiger partial charge in [0.1, 0.15) is 11.3 Å². The highest BCUT2D eigenvalue weighted by Crippen LogP contribution is 2.23. The van der Waals surface area contributed by atoms with Crippen LogP contribution >= 0.6 is 0 Å². The molecule has 0 atom stereocenters. The van der Waals surface area contributed by atoms with Crippen LogP contribution in [0, 0.1) is 0 Å². The van der Waals surface area contributed by atoms with E-state index in [0.717, 1.165) is 0 Å². The predicted octanol–water partition coefficient (Wildman–Crippen LogP) is 1.82. The molecule has 0 unspecified atom stereocenters. The van der Waals surface area contributed by atoms with Gasteiger partial charge in [0.25, 0.3) is 5.91 Å². The van der Waals surface area contributed by atoms with E-state index in [1.807, 2.05) is 0 Å². The standard InChI is InChI=1S/C13H13N3O2/c1-15-12(17)11-3-2-8-16-13(11)18-10-6-4-9(14)5-7-10/h2-8H,14H2,1H3,(H,15,17). The van der Waals surface area contributed by atoms with Crippen LogP contribution in [0.2, 0.25) is 0 Å². The van der Waals surface area contributed by atoms with E-state index in [1.54, 1.807) is 49.6 Å². The summed E-state index contributed by atoms with van der Waals surface area (Å²) in [7, 11) is 1.56. The van der Waals surface area contributed by atoms with Crippen molar-refractivity contribution in [2.24, 2.45) is 0 Å². The van der Waals surface area contributed by atoms with Gasteiger partial charge in [0.2, 0.25) is 5.88 Å². The van der Waals surface area contributed by atoms with E-state index in [0.29, 0.717) is 17.0 Å². The van der Waals surface area contributed by atoms with Crippen molar-refractivity contribution in [3.8, 4) is 11.6 Å². The first-order valence-corrected chi connectivity index (χ1v) is 5.41. The van der Waals surface area contributed by atoms with Crippen molar-refractivity contribution in [3.63, 3.8) is 0 Å². The van der Waals surface area contributed by atoms with Crippen molar-refractivity contribution >= 4 is 11.6 Å². The Labute approximate surface area is 105 Å². The summed E-state index contributed by atoms with van der Waals surface area (Å²) in [6.07, 6.45) is 1.57. The lowest BCUT2D eigenvalue weighted by molar-refractivity contribution is 0.0960. The quantitative estimate of drug-likeness (QED) is 0.806. The summed E-state index contributed by atoms with van der Waals surface area (Å²) in [4.78, 5) is 15.7. The molecule has 1 aromatic heterocycles. The second-order valence-corrected chi connectivity index (χ2v) is 3.61. The fraction of sp³-hybridized carbons (Fsp3) is 0.0769. The van der Waals surface area contributed by atoms with Gasteiger partial charge in [-0.2, -0.15) is 0 Å². The third-order valence-electron chi connectivity index (χ3n) is 2.34. The van der Waals surface area contributed by atoms with Gasteiger partial charge in [-0.1, -0.05) is 0 Å². The maximum absolute atomic E-state index is 11.6. The van der Waals surface area contributed by atoms with Gasteiger partial charge in [-0.15, -0.1) is 0 Å². The van der Waals surface area contributed by atoms with Gasteiger partial charge in [0, 0.05) is 18.9 Å². The van der Waals surface area contributed by atoms with E-state index in [1.165, 1.54) is 0 Å². The third kappa shape index (κ3) is 2.57. The molecule has 0 aliphatic heterocycles. The lowest BCUT2D eigenvalue weighted by atomic mass is 10.2. The van der Waals surface area contributed by atoms with Gasteiger partial charge in [-0.3, -0.25) is 4.79 Å². The lowest BCUT2D eigenvalue weighted by Gasteiger charge is -2.08. The van der Waals surface area contributed by atoms with Crippen LogP contribution in [-0.2, 0) is 0 Å². The number of rotatable bonds is 3. The topological polar surface area (TPSA) is 77.2 Å². The van der Waals surface area contributed by atoms with Crippen LogP contribution in [0.1, 0.15) is 10.4 Å². The van der Waals surface area contributed by atoms with E-state index in [-0.39, 0.29) is 11.8 Å². The number of hydrogen-bond donors (Lipinski definition) is 2. The number of nitrogens with two attached hydrogens (primary N) is 1. The normalized spacial score (nSPS) is 9.83. The van der Waals surface area contributed by atoms with Crippen molar-refractivity contribution in [1.82, 2.24) is 10.3 Å². The molecule has 1 aromatic carbocycles. The molecule has 0 radical (unpaired) electrons. The Bertz CT molecular complexity index is 552. The Morgan fingerprint density at radius 1 is 1.28 bits per heavy atom. The van der Waals surface area contributed by atoms with Crippen LogP contribution in [-0.4, -0.2) is 17.9 Å². The lowest BCUT2D eigenvalue weighted by Crippen LogP contribution is -2.18. The van der Waals surface area contributed by atoms with Crippen LogP contribution in [0.4, 0.5) is 5.69 Å². The molecule has 5 nitrogen and oxygen atoms in total. The van der Waals surface area contributed by atoms with Crippen molar-refractivity contribution in [2.75, 3.05) is 12.8 Å². The summed E-state index contributed by atoms with van der Waals surface area (Å²) >= 11 is 0. The van der Waals surface area contributed by atoms with Gasteiger partial charge >= 0.3 is 0 Å². The number of hydrogen-bond acceptors (Lipinski definition) is 4. The summed E-state index contributed by atoms with van der Waals surface area (Å²) in [5.74, 6) is 0.600. The smallest absolute Gasteiger partial charge is 0.256 e. The second-order valence-electron chi connectivity index (χ2n) is 3.61. The van der Waals surface area contributed by atoms with Crippen molar-refractivity contribution < 1.29 is 9.53 Å². The van der Waals surface area contributed by atoms with E-state index < -0.39 is 0 Å². The van der Waals surface area contributed by atoms with Crippen molar-refractivity contribution in [1.29, 1.82) is 0 Å². The highest BCUT2D eigenvalue weighted by Gasteiger charge is 2.12. The Morgan fingerprint density at radius 3 is 2.67 bits per heavy atom. The summed E-state index contributed by atoms with van der Waals surface area (Å²) in [6, 6.07) is 10.2. The monoisotopic (exact) mass is 243 g/mol. The molecular formula is C13H13N3O2. The minimum Gasteiger partial charge on any atom is -0.438 e. The largest absolute Gasteiger partial charge is 0.438 e. The highest BCUT2D eigenvalue weighted by atomic mass is 16.5. The number of nitrogens with zero attached hydrogens (tertiary/aromatic N) is 1. The average molecular weight is 243 g/mol. The number of pyridine rings is 1. The molecule has 0 spiro atoms. The number of benzene rings is 1. The summed E-state index contributed by atoms with van der Waals surface area (Å²) in [5.41, 5.74) is 6.62. The number of carbonyl (C=O) groups is 1. The van der Waals surface area contributed by atoms with E-state index >= 15 is 0 Å². The zero-order valence-corrected chi connectivity index (χ0v) is 9.88. The number of anilines is 1. The van der Waals surface area contributed by atoms with Gasteiger partial charge in [-0.05, 0) is 36.4 Å². The minimum absolute atomic E-state index is 0.242. The van der Waals surface area contributed by atoms with E-state index in [4.69, 9.17) is 10.5 Å². The first-order valence-electron chi connectivity index (χ1n) is 5.41. The number of carbonyl (C=O) groups excluding carboxylic acids is 1. The Kier molecular flexibility index (Phi) is 3.43. The van der Waals surface area contributed by atoms with Crippen LogP contribution in [0.3, 0.4) is 0 Å². The molecular weight excluding hydrogens is 230 g/mol. The molecule has 0 saturated carbocycles. The van der Waals surface area contributed by atoms with E-state index in [2.05, 4.69) is 10.3 Å². The summed E-state index contributed by atoms with van der Waals surface area (Å²) in [5, 5.41) is 2.54. The Hall–Kier alpha value is -2.56. The molecule has 0 bridgehead atoms. The molecule has 5 heteroatoms. The van der Waals surface area contributed by atoms with Gasteiger partial charge in [-0.25, -0.2) is 4.98 Å². The van der Waals surface area contributed by atoms with Gasteiger partial charge in [0.15, 0.2) is 0 Å². The zero-order valence-electron chi connectivity index (χ0n) is 9.88. The first kappa shape index (κ1) is 11.9. The molecule has 18 heavy (non-hydrogen) atoms. The van der Waals surface area contributed by atoms with Gasteiger partial charge in [0.05, 0.1) is 0 Å². The van der Waals surface area contributed by atoms with Crippen molar-refractivity contribution in [2.45, 2.75) is 0 Å². The number of nitrogens with one attached hydrogen (secondary N) is 1. The maximum atomic E-state index is 11.6. The maximum Gasteiger partial charge on any atom is 0.256 e. The molecule has 0 saturated heterocycles. The Morgan fingerprint density at radius 2 is 2.00 bits per heavy atom. The number of aromatic nitrogens is 1. The molecule has 3 N–H and O–H groups in total. The zero-order chi connectivity index (χ0) is 13.0. The predicted molar refractivity (Wildman–Crippen MR) is 68.6 cm³/mol. The number of ether oxygens (including phenoxy) is 1. The van der Waals surface area contributed by atoms with Crippen LogP contribution in [0.25, 0.3) is 0 Å².